The van der Waals surface area contributed by atoms with Gasteiger partial charge in [0.2, 0.25) is 0 Å². The molecule has 2 heterocycles. The second kappa shape index (κ2) is 8.16. The van der Waals surface area contributed by atoms with Crippen molar-refractivity contribution in [3.63, 3.8) is 0 Å². The second-order valence-corrected chi connectivity index (χ2v) is 8.40. The van der Waals surface area contributed by atoms with Gasteiger partial charge >= 0.3 is 0 Å². The lowest BCUT2D eigenvalue weighted by atomic mass is 9.94. The fourth-order valence-corrected chi connectivity index (χ4v) is 3.82. The quantitative estimate of drug-likeness (QED) is 0.368. The van der Waals surface area contributed by atoms with E-state index in [1.807, 2.05) is 12.4 Å². The molecule has 2 aromatic carbocycles. The minimum atomic E-state index is 0.499. The molecule has 0 atom stereocenters. The molecule has 146 valence electrons. The number of fused-ring (bicyclic) bond motifs is 1. The van der Waals surface area contributed by atoms with Crippen molar-refractivity contribution in [3.8, 4) is 11.3 Å². The summed E-state index contributed by atoms with van der Waals surface area (Å²) < 4.78 is 0. The Morgan fingerprint density at radius 3 is 2.38 bits per heavy atom. The van der Waals surface area contributed by atoms with Crippen LogP contribution in [0.5, 0.6) is 0 Å². The minimum absolute atomic E-state index is 0.499. The molecule has 2 heteroatoms. The van der Waals surface area contributed by atoms with Crippen LogP contribution in [0.15, 0.2) is 73.1 Å². The minimum Gasteiger partial charge on any atom is -0.261 e. The predicted octanol–water partition coefficient (Wildman–Crippen LogP) is 7.13. The Morgan fingerprint density at radius 1 is 0.793 bits per heavy atom. The molecule has 0 radical (unpaired) electrons. The van der Waals surface area contributed by atoms with Crippen molar-refractivity contribution in [1.29, 1.82) is 0 Å². The first-order chi connectivity index (χ1) is 14.0. The van der Waals surface area contributed by atoms with Crippen molar-refractivity contribution in [2.24, 2.45) is 0 Å². The van der Waals surface area contributed by atoms with Gasteiger partial charge in [-0.2, -0.15) is 0 Å². The first kappa shape index (κ1) is 19.3. The number of pyridine rings is 2. The summed E-state index contributed by atoms with van der Waals surface area (Å²) in [6.07, 6.45) is 4.70. The third-order valence-electron chi connectivity index (χ3n) is 5.55. The molecule has 0 unspecified atom stereocenters. The summed E-state index contributed by atoms with van der Waals surface area (Å²) in [5.74, 6) is 1.01. The van der Waals surface area contributed by atoms with Gasteiger partial charge in [0.1, 0.15) is 0 Å². The average molecular weight is 381 g/mol. The van der Waals surface area contributed by atoms with Crippen LogP contribution in [-0.2, 0) is 6.42 Å². The summed E-state index contributed by atoms with van der Waals surface area (Å²) in [5.41, 5.74) is 7.17. The van der Waals surface area contributed by atoms with Crippen LogP contribution in [0.3, 0.4) is 0 Å². The molecule has 0 aliphatic heterocycles. The van der Waals surface area contributed by atoms with Crippen molar-refractivity contribution in [2.45, 2.75) is 46.0 Å². The smallest absolute Gasteiger partial charge is 0.0702 e. The number of aromatic nitrogens is 2. The van der Waals surface area contributed by atoms with Crippen LogP contribution in [-0.4, -0.2) is 9.97 Å². The van der Waals surface area contributed by atoms with Crippen LogP contribution in [0.1, 0.15) is 61.9 Å². The summed E-state index contributed by atoms with van der Waals surface area (Å²) >= 11 is 0. The monoisotopic (exact) mass is 380 g/mol. The number of benzene rings is 2. The fourth-order valence-electron chi connectivity index (χ4n) is 3.82. The standard InChI is InChI=1S/C27H28N2/c1-18(2)22-12-13-28-24(15-22)14-20-8-11-27(29-17-20)23-10-9-21-6-5-7-25(19(3)4)26(21)16-23/h5-13,15-19H,14H2,1-4H3. The summed E-state index contributed by atoms with van der Waals surface area (Å²) in [6.45, 7) is 8.92. The molecule has 0 saturated heterocycles. The molecule has 4 rings (SSSR count). The maximum Gasteiger partial charge on any atom is 0.0702 e. The van der Waals surface area contributed by atoms with E-state index in [1.165, 1.54) is 27.5 Å². The van der Waals surface area contributed by atoms with Crippen LogP contribution in [0, 0.1) is 0 Å². The van der Waals surface area contributed by atoms with Crippen LogP contribution in [0.25, 0.3) is 22.0 Å². The molecule has 29 heavy (non-hydrogen) atoms. The topological polar surface area (TPSA) is 25.8 Å². The van der Waals surface area contributed by atoms with E-state index < -0.39 is 0 Å². The van der Waals surface area contributed by atoms with Gasteiger partial charge in [0.05, 0.1) is 5.69 Å². The Bertz CT molecular complexity index is 1120. The number of nitrogens with zero attached hydrogens (tertiary/aromatic N) is 2. The van der Waals surface area contributed by atoms with Gasteiger partial charge in [-0.05, 0) is 63.6 Å². The molecule has 2 nitrogen and oxygen atoms in total. The molecule has 2 aromatic heterocycles. The molecule has 0 amide bonds. The third-order valence-corrected chi connectivity index (χ3v) is 5.55. The second-order valence-electron chi connectivity index (χ2n) is 8.40. The lowest BCUT2D eigenvalue weighted by Crippen LogP contribution is -1.96. The lowest BCUT2D eigenvalue weighted by molar-refractivity contribution is 0.855. The maximum absolute atomic E-state index is 4.76. The van der Waals surface area contributed by atoms with Crippen molar-refractivity contribution < 1.29 is 0 Å². The molecule has 4 aromatic rings. The predicted molar refractivity (Wildman–Crippen MR) is 122 cm³/mol. The normalized spacial score (nSPS) is 11.5. The van der Waals surface area contributed by atoms with Crippen molar-refractivity contribution >= 4 is 10.8 Å². The summed E-state index contributed by atoms with van der Waals surface area (Å²) in [4.78, 5) is 9.29. The average Bonchev–Trinajstić information content (AvgIpc) is 2.73. The number of hydrogen-bond donors (Lipinski definition) is 0. The van der Waals surface area contributed by atoms with E-state index in [4.69, 9.17) is 4.98 Å². The Morgan fingerprint density at radius 2 is 1.66 bits per heavy atom. The summed E-state index contributed by atoms with van der Waals surface area (Å²) in [5, 5.41) is 2.60. The number of rotatable bonds is 5. The van der Waals surface area contributed by atoms with E-state index in [0.29, 0.717) is 11.8 Å². The Balaban J connectivity index is 1.61. The zero-order valence-corrected chi connectivity index (χ0v) is 17.7. The van der Waals surface area contributed by atoms with E-state index in [2.05, 4.69) is 93.3 Å². The molecule has 0 fully saturated rings. The van der Waals surface area contributed by atoms with Gasteiger partial charge in [0, 0.05) is 30.1 Å². The highest BCUT2D eigenvalue weighted by Crippen LogP contribution is 2.29. The van der Waals surface area contributed by atoms with Gasteiger partial charge in [-0.1, -0.05) is 64.1 Å². The van der Waals surface area contributed by atoms with Gasteiger partial charge in [-0.15, -0.1) is 0 Å². The van der Waals surface area contributed by atoms with Crippen molar-refractivity contribution in [1.82, 2.24) is 9.97 Å². The van der Waals surface area contributed by atoms with Gasteiger partial charge in [0.15, 0.2) is 0 Å². The maximum atomic E-state index is 4.76. The molecule has 0 aliphatic carbocycles. The third kappa shape index (κ3) is 4.22. The Hall–Kier alpha value is -3.00. The summed E-state index contributed by atoms with van der Waals surface area (Å²) in [6, 6.07) is 21.8. The van der Waals surface area contributed by atoms with Crippen LogP contribution in [0.2, 0.25) is 0 Å². The highest BCUT2D eigenvalue weighted by molar-refractivity contribution is 5.90. The highest BCUT2D eigenvalue weighted by Gasteiger charge is 2.08. The van der Waals surface area contributed by atoms with Gasteiger partial charge < -0.3 is 0 Å². The van der Waals surface area contributed by atoms with E-state index >= 15 is 0 Å². The number of hydrogen-bond acceptors (Lipinski definition) is 2. The first-order valence-electron chi connectivity index (χ1n) is 10.4. The molecular formula is C27H28N2. The molecule has 0 bridgehead atoms. The van der Waals surface area contributed by atoms with Crippen molar-refractivity contribution in [3.05, 3.63) is 95.4 Å². The lowest BCUT2D eigenvalue weighted by Gasteiger charge is -2.12. The first-order valence-corrected chi connectivity index (χ1v) is 10.4. The Labute approximate surface area is 173 Å². The molecule has 0 N–H and O–H groups in total. The van der Waals surface area contributed by atoms with E-state index in [1.54, 1.807) is 0 Å². The zero-order valence-electron chi connectivity index (χ0n) is 17.7. The Kier molecular flexibility index (Phi) is 5.44. The zero-order chi connectivity index (χ0) is 20.4. The fraction of sp³-hybridized carbons (Fsp3) is 0.259. The van der Waals surface area contributed by atoms with Gasteiger partial charge in [-0.3, -0.25) is 9.97 Å². The van der Waals surface area contributed by atoms with E-state index in [0.717, 1.165) is 23.4 Å². The SMILES string of the molecule is CC(C)c1ccnc(Cc2ccc(-c3ccc4cccc(C(C)C)c4c3)nc2)c1. The van der Waals surface area contributed by atoms with Gasteiger partial charge in [0.25, 0.3) is 0 Å². The van der Waals surface area contributed by atoms with Gasteiger partial charge in [-0.25, -0.2) is 0 Å². The van der Waals surface area contributed by atoms with Crippen LogP contribution >= 0.6 is 0 Å². The van der Waals surface area contributed by atoms with Crippen molar-refractivity contribution in [2.75, 3.05) is 0 Å². The van der Waals surface area contributed by atoms with E-state index in [-0.39, 0.29) is 0 Å². The van der Waals surface area contributed by atoms with E-state index in [9.17, 15) is 0 Å². The van der Waals surface area contributed by atoms with Crippen LogP contribution in [0.4, 0.5) is 0 Å². The summed E-state index contributed by atoms with van der Waals surface area (Å²) in [7, 11) is 0. The molecule has 0 spiro atoms. The molecule has 0 saturated carbocycles. The van der Waals surface area contributed by atoms with Crippen LogP contribution < -0.4 is 0 Å². The molecule has 0 aliphatic rings. The largest absolute Gasteiger partial charge is 0.261 e. The molecular weight excluding hydrogens is 352 g/mol. The highest BCUT2D eigenvalue weighted by atomic mass is 14.7.